The molecule has 0 fully saturated rings. The number of hydrogen-bond donors (Lipinski definition) is 1. The molecule has 0 saturated carbocycles. The van der Waals surface area contributed by atoms with E-state index < -0.39 is 0 Å². The lowest BCUT2D eigenvalue weighted by Crippen LogP contribution is -2.15. The Balaban J connectivity index is 1.94. The summed E-state index contributed by atoms with van der Waals surface area (Å²) in [6.45, 7) is 1.16. The zero-order valence-corrected chi connectivity index (χ0v) is 13.3. The fraction of sp³-hybridized carbons (Fsp3) is 0.133. The van der Waals surface area contributed by atoms with Crippen molar-refractivity contribution in [3.63, 3.8) is 0 Å². The number of rotatable bonds is 1. The van der Waals surface area contributed by atoms with Crippen LogP contribution < -0.4 is 9.47 Å². The van der Waals surface area contributed by atoms with Gasteiger partial charge >= 0.3 is 0 Å². The van der Waals surface area contributed by atoms with Gasteiger partial charge in [-0.25, -0.2) is 0 Å². The van der Waals surface area contributed by atoms with Crippen molar-refractivity contribution in [3.05, 3.63) is 45.6 Å². The van der Waals surface area contributed by atoms with Gasteiger partial charge in [0.25, 0.3) is 0 Å². The Bertz CT molecular complexity index is 900. The van der Waals surface area contributed by atoms with Gasteiger partial charge in [-0.15, -0.1) is 0 Å². The molecule has 3 aromatic rings. The van der Waals surface area contributed by atoms with Gasteiger partial charge in [-0.05, 0) is 42.5 Å². The highest BCUT2D eigenvalue weighted by molar-refractivity contribution is 9.10. The maximum atomic E-state index is 5.64. The van der Waals surface area contributed by atoms with Gasteiger partial charge in [-0.2, -0.15) is 0 Å². The topological polar surface area (TPSA) is 39.2 Å². The summed E-state index contributed by atoms with van der Waals surface area (Å²) in [7, 11) is 0. The standard InChI is InChI=1S/C15H11BrN2O2S/c16-9-1-3-12-11(7-9)17-15(21)18(12)10-2-4-13-14(8-10)20-6-5-19-13/h1-4,7-8H,5-6H2,(H,17,21). The van der Waals surface area contributed by atoms with E-state index in [1.54, 1.807) is 0 Å². The van der Waals surface area contributed by atoms with Gasteiger partial charge in [0.2, 0.25) is 0 Å². The number of aromatic amines is 1. The summed E-state index contributed by atoms with van der Waals surface area (Å²) in [5, 5.41) is 0. The first kappa shape index (κ1) is 12.9. The molecule has 0 bridgehead atoms. The molecule has 1 aromatic heterocycles. The number of nitrogens with one attached hydrogen (secondary N) is 1. The highest BCUT2D eigenvalue weighted by Gasteiger charge is 2.14. The fourth-order valence-corrected chi connectivity index (χ4v) is 3.19. The molecule has 2 heterocycles. The molecule has 106 valence electrons. The predicted octanol–water partition coefficient (Wildman–Crippen LogP) is 4.22. The molecular weight excluding hydrogens is 352 g/mol. The largest absolute Gasteiger partial charge is 0.486 e. The molecule has 21 heavy (non-hydrogen) atoms. The van der Waals surface area contributed by atoms with Gasteiger partial charge in [0.15, 0.2) is 16.3 Å². The number of nitrogens with zero attached hydrogens (tertiary/aromatic N) is 1. The number of imidazole rings is 1. The number of H-pyrrole nitrogens is 1. The molecular formula is C15H11BrN2O2S. The Hall–Kier alpha value is -1.79. The molecule has 0 unspecified atom stereocenters. The third-order valence-electron chi connectivity index (χ3n) is 3.43. The monoisotopic (exact) mass is 362 g/mol. The quantitative estimate of drug-likeness (QED) is 0.658. The van der Waals surface area contributed by atoms with Crippen molar-refractivity contribution in [1.82, 2.24) is 9.55 Å². The summed E-state index contributed by atoms with van der Waals surface area (Å²) in [5.41, 5.74) is 2.97. The summed E-state index contributed by atoms with van der Waals surface area (Å²) >= 11 is 8.92. The molecule has 1 aliphatic heterocycles. The van der Waals surface area contributed by atoms with Gasteiger partial charge in [-0.1, -0.05) is 15.9 Å². The average molecular weight is 363 g/mol. The van der Waals surface area contributed by atoms with Crippen molar-refractivity contribution in [2.75, 3.05) is 13.2 Å². The van der Waals surface area contributed by atoms with Crippen LogP contribution in [0.15, 0.2) is 40.9 Å². The van der Waals surface area contributed by atoms with Crippen molar-refractivity contribution in [1.29, 1.82) is 0 Å². The Morgan fingerprint density at radius 3 is 2.71 bits per heavy atom. The zero-order chi connectivity index (χ0) is 14.4. The SMILES string of the molecule is S=c1[nH]c2cc(Br)ccc2n1-c1ccc2c(c1)OCCO2. The minimum atomic E-state index is 0.572. The van der Waals surface area contributed by atoms with Crippen LogP contribution in [0.4, 0.5) is 0 Å². The van der Waals surface area contributed by atoms with Crippen molar-refractivity contribution in [3.8, 4) is 17.2 Å². The number of benzene rings is 2. The van der Waals surface area contributed by atoms with Crippen molar-refractivity contribution in [2.45, 2.75) is 0 Å². The minimum absolute atomic E-state index is 0.572. The van der Waals surface area contributed by atoms with E-state index in [-0.39, 0.29) is 0 Å². The molecule has 4 nitrogen and oxygen atoms in total. The third-order valence-corrected chi connectivity index (χ3v) is 4.21. The van der Waals surface area contributed by atoms with Crippen molar-refractivity contribution in [2.24, 2.45) is 0 Å². The van der Waals surface area contributed by atoms with E-state index in [0.717, 1.165) is 32.7 Å². The first-order valence-corrected chi connectivity index (χ1v) is 7.73. The number of aromatic nitrogens is 2. The lowest BCUT2D eigenvalue weighted by molar-refractivity contribution is 0.171. The van der Waals surface area contributed by atoms with Crippen molar-refractivity contribution >= 4 is 39.2 Å². The summed E-state index contributed by atoms with van der Waals surface area (Å²) in [4.78, 5) is 3.22. The second-order valence-corrected chi connectivity index (χ2v) is 6.06. The van der Waals surface area contributed by atoms with E-state index in [2.05, 4.69) is 20.9 Å². The maximum absolute atomic E-state index is 5.64. The Labute approximate surface area is 134 Å². The van der Waals surface area contributed by atoms with Crippen LogP contribution in [-0.4, -0.2) is 22.8 Å². The minimum Gasteiger partial charge on any atom is -0.486 e. The van der Waals surface area contributed by atoms with Crippen LogP contribution in [0.1, 0.15) is 0 Å². The second-order valence-electron chi connectivity index (χ2n) is 4.75. The Morgan fingerprint density at radius 1 is 1.05 bits per heavy atom. The van der Waals surface area contributed by atoms with E-state index in [1.165, 1.54) is 0 Å². The van der Waals surface area contributed by atoms with Gasteiger partial charge < -0.3 is 14.5 Å². The van der Waals surface area contributed by atoms with Crippen LogP contribution in [-0.2, 0) is 0 Å². The molecule has 1 N–H and O–H groups in total. The van der Waals surface area contributed by atoms with E-state index >= 15 is 0 Å². The molecule has 0 saturated heterocycles. The Kier molecular flexibility index (Phi) is 3.01. The number of hydrogen-bond acceptors (Lipinski definition) is 3. The van der Waals surface area contributed by atoms with Gasteiger partial charge in [0, 0.05) is 10.5 Å². The average Bonchev–Trinajstić information content (AvgIpc) is 2.81. The highest BCUT2D eigenvalue weighted by Crippen LogP contribution is 2.33. The molecule has 0 atom stereocenters. The van der Waals surface area contributed by atoms with Crippen LogP contribution in [0, 0.1) is 4.77 Å². The van der Waals surface area contributed by atoms with Crippen LogP contribution in [0.3, 0.4) is 0 Å². The van der Waals surface area contributed by atoms with Gasteiger partial charge in [0.05, 0.1) is 16.7 Å². The fourth-order valence-electron chi connectivity index (χ4n) is 2.51. The summed E-state index contributed by atoms with van der Waals surface area (Å²) in [6, 6.07) is 11.9. The van der Waals surface area contributed by atoms with E-state index in [4.69, 9.17) is 21.7 Å². The summed E-state index contributed by atoms with van der Waals surface area (Å²) in [5.74, 6) is 1.53. The van der Waals surface area contributed by atoms with Crippen LogP contribution in [0.25, 0.3) is 16.7 Å². The molecule has 2 aromatic carbocycles. The molecule has 0 spiro atoms. The van der Waals surface area contributed by atoms with E-state index in [0.29, 0.717) is 18.0 Å². The number of fused-ring (bicyclic) bond motifs is 2. The molecule has 0 radical (unpaired) electrons. The predicted molar refractivity (Wildman–Crippen MR) is 87.1 cm³/mol. The number of halogens is 1. The Morgan fingerprint density at radius 2 is 1.86 bits per heavy atom. The van der Waals surface area contributed by atoms with Crippen LogP contribution >= 0.6 is 28.1 Å². The summed E-state index contributed by atoms with van der Waals surface area (Å²) < 4.78 is 14.9. The van der Waals surface area contributed by atoms with E-state index in [1.807, 2.05) is 41.0 Å². The van der Waals surface area contributed by atoms with Crippen LogP contribution in [0.2, 0.25) is 0 Å². The maximum Gasteiger partial charge on any atom is 0.182 e. The molecule has 4 rings (SSSR count). The number of ether oxygens (including phenoxy) is 2. The summed E-state index contributed by atoms with van der Waals surface area (Å²) in [6.07, 6.45) is 0. The first-order chi connectivity index (χ1) is 10.2. The first-order valence-electron chi connectivity index (χ1n) is 6.53. The van der Waals surface area contributed by atoms with Crippen LogP contribution in [0.5, 0.6) is 11.5 Å². The lowest BCUT2D eigenvalue weighted by atomic mass is 10.2. The van der Waals surface area contributed by atoms with E-state index in [9.17, 15) is 0 Å². The zero-order valence-electron chi connectivity index (χ0n) is 10.9. The second kappa shape index (κ2) is 4.89. The molecule has 0 amide bonds. The third kappa shape index (κ3) is 2.15. The van der Waals surface area contributed by atoms with Gasteiger partial charge in [-0.3, -0.25) is 4.57 Å². The van der Waals surface area contributed by atoms with Gasteiger partial charge in [0.1, 0.15) is 13.2 Å². The molecule has 6 heteroatoms. The highest BCUT2D eigenvalue weighted by atomic mass is 79.9. The smallest absolute Gasteiger partial charge is 0.182 e. The van der Waals surface area contributed by atoms with Crippen molar-refractivity contribution < 1.29 is 9.47 Å². The lowest BCUT2D eigenvalue weighted by Gasteiger charge is -2.19. The molecule has 0 aliphatic carbocycles. The normalized spacial score (nSPS) is 13.6. The molecule has 1 aliphatic rings.